The molecule has 0 amide bonds. The lowest BCUT2D eigenvalue weighted by atomic mass is 9.79. The molecule has 0 aromatic carbocycles. The molecule has 1 aromatic heterocycles. The number of hydrogen-bond donors (Lipinski definition) is 0. The minimum absolute atomic E-state index is 0.353. The molecule has 2 rings (SSSR count). The van der Waals surface area contributed by atoms with Crippen LogP contribution in [0.1, 0.15) is 25.6 Å². The van der Waals surface area contributed by atoms with Gasteiger partial charge in [-0.05, 0) is 34.2 Å². The highest BCUT2D eigenvalue weighted by Gasteiger charge is 2.40. The predicted octanol–water partition coefficient (Wildman–Crippen LogP) is 4.54. The molecule has 1 aliphatic rings. The summed E-state index contributed by atoms with van der Waals surface area (Å²) in [6.45, 7) is 11.9. The lowest BCUT2D eigenvalue weighted by Crippen LogP contribution is -2.54. The summed E-state index contributed by atoms with van der Waals surface area (Å²) >= 11 is 1.80. The van der Waals surface area contributed by atoms with Crippen molar-refractivity contribution < 1.29 is 0 Å². The van der Waals surface area contributed by atoms with E-state index in [0.717, 1.165) is 0 Å². The first kappa shape index (κ1) is 13.7. The molecule has 95 valence electrons. The highest BCUT2D eigenvalue weighted by Crippen LogP contribution is 2.39. The number of rotatable bonds is 2. The van der Waals surface area contributed by atoms with Crippen molar-refractivity contribution in [2.75, 3.05) is 0 Å². The summed E-state index contributed by atoms with van der Waals surface area (Å²) in [5, 5.41) is 2.49. The number of thiophene rings is 1. The molecule has 1 aromatic rings. The van der Waals surface area contributed by atoms with Crippen molar-refractivity contribution in [3.63, 3.8) is 0 Å². The average Bonchev–Trinajstić information content (AvgIpc) is 2.81. The third kappa shape index (κ3) is 2.50. The minimum atomic E-state index is -1.50. The van der Waals surface area contributed by atoms with E-state index in [9.17, 15) is 0 Å². The van der Waals surface area contributed by atoms with Crippen LogP contribution in [0, 0.1) is 0 Å². The van der Waals surface area contributed by atoms with E-state index >= 15 is 0 Å². The SMILES string of the molecule is CC(C)(C)[Si](C)(C)N1[B]C(c2cccs2)=CC=C1. The molecule has 0 aliphatic carbocycles. The van der Waals surface area contributed by atoms with Gasteiger partial charge in [-0.25, -0.2) is 0 Å². The third-order valence-corrected chi connectivity index (χ3v) is 10.2. The second-order valence-electron chi connectivity index (χ2n) is 6.29. The Balaban J connectivity index is 2.22. The number of hydrogen-bond acceptors (Lipinski definition) is 2. The van der Waals surface area contributed by atoms with Gasteiger partial charge in [0.05, 0.1) is 0 Å². The Kier molecular flexibility index (Phi) is 3.61. The molecule has 0 saturated carbocycles. The van der Waals surface area contributed by atoms with Crippen molar-refractivity contribution in [3.05, 3.63) is 40.7 Å². The maximum atomic E-state index is 2.47. The number of allylic oxidation sites excluding steroid dienone is 2. The second kappa shape index (κ2) is 4.74. The van der Waals surface area contributed by atoms with E-state index in [4.69, 9.17) is 0 Å². The first-order valence-electron chi connectivity index (χ1n) is 6.38. The molecule has 0 spiro atoms. The van der Waals surface area contributed by atoms with E-state index in [1.54, 1.807) is 11.3 Å². The summed E-state index contributed by atoms with van der Waals surface area (Å²) in [6, 6.07) is 4.31. The van der Waals surface area contributed by atoms with Crippen LogP contribution in [0.25, 0.3) is 5.47 Å². The number of nitrogens with zero attached hydrogens (tertiary/aromatic N) is 1. The van der Waals surface area contributed by atoms with Gasteiger partial charge in [-0.15, -0.1) is 11.3 Å². The first-order valence-corrected chi connectivity index (χ1v) is 10.2. The first-order chi connectivity index (χ1) is 8.32. The van der Waals surface area contributed by atoms with Crippen LogP contribution in [0.2, 0.25) is 18.1 Å². The van der Waals surface area contributed by atoms with E-state index < -0.39 is 8.24 Å². The van der Waals surface area contributed by atoms with Gasteiger partial charge < -0.3 is 4.48 Å². The molecule has 0 unspecified atom stereocenters. The average molecular weight is 274 g/mol. The summed E-state index contributed by atoms with van der Waals surface area (Å²) in [7, 11) is 0.819. The van der Waals surface area contributed by atoms with E-state index in [0.29, 0.717) is 5.04 Å². The zero-order chi connectivity index (χ0) is 13.4. The van der Waals surface area contributed by atoms with Crippen LogP contribution in [0.3, 0.4) is 0 Å². The van der Waals surface area contributed by atoms with Crippen LogP contribution in [-0.4, -0.2) is 20.1 Å². The smallest absolute Gasteiger partial charge is 0.277 e. The minimum Gasteiger partial charge on any atom is -0.448 e. The van der Waals surface area contributed by atoms with E-state index in [1.807, 2.05) is 0 Å². The molecular weight excluding hydrogens is 253 g/mol. The van der Waals surface area contributed by atoms with Crippen LogP contribution < -0.4 is 0 Å². The van der Waals surface area contributed by atoms with Crippen LogP contribution in [-0.2, 0) is 0 Å². The maximum absolute atomic E-state index is 2.47. The molecule has 0 bridgehead atoms. The van der Waals surface area contributed by atoms with Crippen molar-refractivity contribution in [2.45, 2.75) is 38.9 Å². The van der Waals surface area contributed by atoms with Gasteiger partial charge in [-0.3, -0.25) is 0 Å². The normalized spacial score (nSPS) is 16.5. The third-order valence-electron chi connectivity index (χ3n) is 4.09. The van der Waals surface area contributed by atoms with E-state index in [-0.39, 0.29) is 0 Å². The monoisotopic (exact) mass is 274 g/mol. The standard InChI is InChI=1S/C14H21BNSSi/c1-14(2,3)18(4,5)16-10-6-8-12(15-16)13-9-7-11-17-13/h6-11H,1-5H3. The van der Waals surface area contributed by atoms with Gasteiger partial charge in [0.15, 0.2) is 0 Å². The topological polar surface area (TPSA) is 3.24 Å². The lowest BCUT2D eigenvalue weighted by Gasteiger charge is -2.46. The Morgan fingerprint density at radius 1 is 1.28 bits per heavy atom. The van der Waals surface area contributed by atoms with Gasteiger partial charge in [0.2, 0.25) is 0 Å². The van der Waals surface area contributed by atoms with Crippen LogP contribution in [0.5, 0.6) is 0 Å². The van der Waals surface area contributed by atoms with Gasteiger partial charge in [0, 0.05) is 4.88 Å². The molecule has 0 fully saturated rings. The van der Waals surface area contributed by atoms with Gasteiger partial charge in [-0.2, -0.15) is 0 Å². The predicted molar refractivity (Wildman–Crippen MR) is 86.2 cm³/mol. The molecule has 0 atom stereocenters. The van der Waals surface area contributed by atoms with Crippen LogP contribution >= 0.6 is 11.3 Å². The van der Waals surface area contributed by atoms with E-state index in [1.165, 1.54) is 10.3 Å². The molecule has 0 N–H and O–H groups in total. The lowest BCUT2D eigenvalue weighted by molar-refractivity contribution is 0.658. The van der Waals surface area contributed by atoms with Crippen molar-refractivity contribution in [1.82, 2.24) is 4.48 Å². The van der Waals surface area contributed by atoms with Gasteiger partial charge in [0.25, 0.3) is 7.41 Å². The van der Waals surface area contributed by atoms with Crippen molar-refractivity contribution >= 4 is 32.5 Å². The van der Waals surface area contributed by atoms with Gasteiger partial charge >= 0.3 is 0 Å². The Morgan fingerprint density at radius 3 is 2.56 bits per heavy atom. The Hall–Kier alpha value is -0.738. The zero-order valence-electron chi connectivity index (χ0n) is 11.9. The fraction of sp³-hybridized carbons (Fsp3) is 0.429. The summed E-state index contributed by atoms with van der Waals surface area (Å²) in [6.07, 6.45) is 6.61. The highest BCUT2D eigenvalue weighted by atomic mass is 32.1. The fourth-order valence-electron chi connectivity index (χ4n) is 1.80. The molecule has 1 nitrogen and oxygen atoms in total. The van der Waals surface area contributed by atoms with Crippen molar-refractivity contribution in [2.24, 2.45) is 0 Å². The largest absolute Gasteiger partial charge is 0.448 e. The summed E-state index contributed by atoms with van der Waals surface area (Å²) < 4.78 is 2.47. The molecular formula is C14H21BNSSi. The van der Waals surface area contributed by atoms with Gasteiger partial charge in [0.1, 0.15) is 8.24 Å². The summed E-state index contributed by atoms with van der Waals surface area (Å²) in [5.74, 6) is 0. The molecule has 0 saturated heterocycles. The fourth-order valence-corrected chi connectivity index (χ4v) is 4.21. The Morgan fingerprint density at radius 2 is 2.00 bits per heavy atom. The molecule has 4 heteroatoms. The van der Waals surface area contributed by atoms with Gasteiger partial charge in [-0.1, -0.05) is 46.0 Å². The Labute approximate surface area is 117 Å². The molecule has 1 radical (unpaired) electrons. The second-order valence-corrected chi connectivity index (χ2v) is 12.4. The van der Waals surface area contributed by atoms with Crippen LogP contribution in [0.4, 0.5) is 0 Å². The quantitative estimate of drug-likeness (QED) is 0.715. The highest BCUT2D eigenvalue weighted by molar-refractivity contribution is 7.12. The molecule has 18 heavy (non-hydrogen) atoms. The maximum Gasteiger partial charge on any atom is 0.277 e. The zero-order valence-corrected chi connectivity index (χ0v) is 13.7. The molecule has 1 aliphatic heterocycles. The summed E-state index contributed by atoms with van der Waals surface area (Å²) in [5.41, 5.74) is 1.33. The molecule has 2 heterocycles. The summed E-state index contributed by atoms with van der Waals surface area (Å²) in [4.78, 5) is 1.35. The van der Waals surface area contributed by atoms with Crippen LogP contribution in [0.15, 0.2) is 35.9 Å². The van der Waals surface area contributed by atoms with E-state index in [2.05, 4.69) is 81.6 Å². The van der Waals surface area contributed by atoms with Crippen molar-refractivity contribution in [3.8, 4) is 0 Å². The Bertz CT molecular complexity index is 468. The van der Waals surface area contributed by atoms with Crippen molar-refractivity contribution in [1.29, 1.82) is 0 Å².